The monoisotopic (exact) mass is 654 g/mol. The molecule has 46 heavy (non-hydrogen) atoms. The van der Waals surface area contributed by atoms with Gasteiger partial charge in [-0.3, -0.25) is 14.4 Å². The van der Waals surface area contributed by atoms with Gasteiger partial charge in [-0.25, -0.2) is 4.79 Å². The number of rotatable bonds is 8. The summed E-state index contributed by atoms with van der Waals surface area (Å²) in [5.41, 5.74) is 1.73. The maximum Gasteiger partial charge on any atom is 0.347 e. The van der Waals surface area contributed by atoms with Crippen molar-refractivity contribution in [3.05, 3.63) is 76.8 Å². The van der Waals surface area contributed by atoms with E-state index in [2.05, 4.69) is 10.6 Å². The van der Waals surface area contributed by atoms with E-state index in [4.69, 9.17) is 30.5 Å². The van der Waals surface area contributed by atoms with E-state index >= 15 is 0 Å². The molecule has 1 saturated heterocycles. The minimum Gasteiger partial charge on any atom is -0.495 e. The van der Waals surface area contributed by atoms with E-state index in [-0.39, 0.29) is 49.9 Å². The van der Waals surface area contributed by atoms with Crippen molar-refractivity contribution in [1.29, 1.82) is 0 Å². The SMILES string of the molecule is COc1ccc(C[C@H]2NC(=O)/C=C/C[C@@H]([C@H](C)[C@@H]3O[C@@H]3c3ccccc3)OC(=O)[C@H](CC(C)C)OC(=O)[C@H](C)CNC2=O)cc1Cl. The second-order valence-corrected chi connectivity index (χ2v) is 12.7. The second-order valence-electron chi connectivity index (χ2n) is 12.3. The van der Waals surface area contributed by atoms with Crippen LogP contribution in [0.4, 0.5) is 0 Å². The molecule has 0 aliphatic carbocycles. The van der Waals surface area contributed by atoms with Gasteiger partial charge in [-0.2, -0.15) is 0 Å². The number of hydrogen-bond acceptors (Lipinski definition) is 8. The molecule has 1 fully saturated rings. The van der Waals surface area contributed by atoms with Crippen LogP contribution >= 0.6 is 11.6 Å². The van der Waals surface area contributed by atoms with Crippen LogP contribution in [-0.4, -0.2) is 61.8 Å². The Labute approximate surface area is 275 Å². The molecule has 2 N–H and O–H groups in total. The number of methoxy groups -OCH3 is 1. The van der Waals surface area contributed by atoms with E-state index in [1.807, 2.05) is 51.1 Å². The number of hydrogen-bond donors (Lipinski definition) is 2. The number of epoxide rings is 1. The zero-order valence-corrected chi connectivity index (χ0v) is 27.6. The fourth-order valence-corrected chi connectivity index (χ4v) is 5.67. The Kier molecular flexibility index (Phi) is 12.2. The minimum absolute atomic E-state index is 0.0341. The molecule has 2 aliphatic rings. The second kappa shape index (κ2) is 16.1. The summed E-state index contributed by atoms with van der Waals surface area (Å²) in [6, 6.07) is 13.9. The zero-order valence-electron chi connectivity index (χ0n) is 26.9. The molecule has 0 bridgehead atoms. The Balaban J connectivity index is 1.58. The van der Waals surface area contributed by atoms with Crippen molar-refractivity contribution in [3.63, 3.8) is 0 Å². The molecular weight excluding hydrogens is 612 g/mol. The lowest BCUT2D eigenvalue weighted by molar-refractivity contribution is -0.176. The van der Waals surface area contributed by atoms with Gasteiger partial charge < -0.3 is 29.6 Å². The molecule has 4 rings (SSSR count). The molecule has 0 saturated carbocycles. The summed E-state index contributed by atoms with van der Waals surface area (Å²) in [5.74, 6) is -2.78. The molecule has 10 nitrogen and oxygen atoms in total. The van der Waals surface area contributed by atoms with Crippen LogP contribution in [-0.2, 0) is 39.8 Å². The van der Waals surface area contributed by atoms with Crippen molar-refractivity contribution in [1.82, 2.24) is 10.6 Å². The number of esters is 2. The number of benzene rings is 2. The van der Waals surface area contributed by atoms with Crippen LogP contribution in [0.1, 0.15) is 57.8 Å². The Bertz CT molecular complexity index is 1410. The van der Waals surface area contributed by atoms with Gasteiger partial charge in [-0.1, -0.05) is 81.8 Å². The summed E-state index contributed by atoms with van der Waals surface area (Å²) in [4.78, 5) is 52.9. The van der Waals surface area contributed by atoms with Gasteiger partial charge in [0.05, 0.1) is 24.2 Å². The quantitative estimate of drug-likeness (QED) is 0.308. The average Bonchev–Trinajstić information content (AvgIpc) is 3.83. The first-order valence-electron chi connectivity index (χ1n) is 15.6. The predicted octanol–water partition coefficient (Wildman–Crippen LogP) is 4.73. The first-order valence-corrected chi connectivity index (χ1v) is 16.0. The fraction of sp³-hybridized carbons (Fsp3) is 0.486. The highest BCUT2D eigenvalue weighted by Gasteiger charge is 2.47. The number of nitrogens with one attached hydrogen (secondary N) is 2. The summed E-state index contributed by atoms with van der Waals surface area (Å²) < 4.78 is 22.9. The van der Waals surface area contributed by atoms with Crippen LogP contribution in [0.2, 0.25) is 5.02 Å². The van der Waals surface area contributed by atoms with Crippen molar-refractivity contribution in [2.75, 3.05) is 13.7 Å². The van der Waals surface area contributed by atoms with E-state index in [1.54, 1.807) is 31.2 Å². The molecule has 2 amide bonds. The Morgan fingerprint density at radius 3 is 2.41 bits per heavy atom. The van der Waals surface area contributed by atoms with Gasteiger partial charge in [0.2, 0.25) is 11.8 Å². The highest BCUT2D eigenvalue weighted by molar-refractivity contribution is 6.32. The predicted molar refractivity (Wildman–Crippen MR) is 172 cm³/mol. The van der Waals surface area contributed by atoms with Gasteiger partial charge in [0.15, 0.2) is 6.10 Å². The Morgan fingerprint density at radius 2 is 1.74 bits per heavy atom. The number of halogens is 1. The lowest BCUT2D eigenvalue weighted by atomic mass is 9.93. The Hall–Kier alpha value is -3.89. The molecule has 0 spiro atoms. The van der Waals surface area contributed by atoms with Crippen molar-refractivity contribution in [2.24, 2.45) is 17.8 Å². The highest BCUT2D eigenvalue weighted by Crippen LogP contribution is 2.45. The van der Waals surface area contributed by atoms with Gasteiger partial charge in [0.1, 0.15) is 24.0 Å². The van der Waals surface area contributed by atoms with Crippen molar-refractivity contribution in [3.8, 4) is 5.75 Å². The third-order valence-electron chi connectivity index (χ3n) is 8.14. The number of cyclic esters (lactones) is 2. The topological polar surface area (TPSA) is 133 Å². The highest BCUT2D eigenvalue weighted by atomic mass is 35.5. The van der Waals surface area contributed by atoms with Crippen LogP contribution < -0.4 is 15.4 Å². The molecule has 2 heterocycles. The molecule has 2 aromatic rings. The molecular formula is C35H43ClN2O8. The van der Waals surface area contributed by atoms with Crippen LogP contribution in [0, 0.1) is 17.8 Å². The van der Waals surface area contributed by atoms with Crippen LogP contribution in [0.15, 0.2) is 60.7 Å². The fourth-order valence-electron chi connectivity index (χ4n) is 5.39. The van der Waals surface area contributed by atoms with Crippen LogP contribution in [0.25, 0.3) is 0 Å². The summed E-state index contributed by atoms with van der Waals surface area (Å²) in [7, 11) is 1.51. The van der Waals surface area contributed by atoms with E-state index < -0.39 is 47.9 Å². The molecule has 2 aliphatic heterocycles. The molecule has 0 aromatic heterocycles. The van der Waals surface area contributed by atoms with Crippen molar-refractivity contribution >= 4 is 35.4 Å². The molecule has 0 unspecified atom stereocenters. The van der Waals surface area contributed by atoms with Crippen LogP contribution in [0.3, 0.4) is 0 Å². The first-order chi connectivity index (χ1) is 22.0. The minimum atomic E-state index is -1.13. The number of carbonyl (C=O) groups is 4. The van der Waals surface area contributed by atoms with Gasteiger partial charge in [0.25, 0.3) is 0 Å². The van der Waals surface area contributed by atoms with Gasteiger partial charge in [-0.05, 0) is 41.7 Å². The summed E-state index contributed by atoms with van der Waals surface area (Å²) >= 11 is 6.30. The maximum atomic E-state index is 13.5. The van der Waals surface area contributed by atoms with Crippen LogP contribution in [0.5, 0.6) is 5.75 Å². The lowest BCUT2D eigenvalue weighted by Gasteiger charge is -2.27. The average molecular weight is 655 g/mol. The summed E-state index contributed by atoms with van der Waals surface area (Å²) in [6.07, 6.45) is 1.40. The van der Waals surface area contributed by atoms with E-state index in [0.29, 0.717) is 16.3 Å². The molecule has 7 atom stereocenters. The molecule has 248 valence electrons. The molecule has 2 aromatic carbocycles. The smallest absolute Gasteiger partial charge is 0.347 e. The molecule has 0 radical (unpaired) electrons. The zero-order chi connectivity index (χ0) is 33.4. The number of carbonyl (C=O) groups excluding carboxylic acids is 4. The van der Waals surface area contributed by atoms with Gasteiger partial charge in [-0.15, -0.1) is 0 Å². The summed E-state index contributed by atoms with van der Waals surface area (Å²) in [5, 5.41) is 5.86. The maximum absolute atomic E-state index is 13.5. The van der Waals surface area contributed by atoms with Gasteiger partial charge >= 0.3 is 11.9 Å². The third-order valence-corrected chi connectivity index (χ3v) is 8.44. The largest absolute Gasteiger partial charge is 0.495 e. The molecule has 11 heteroatoms. The van der Waals surface area contributed by atoms with E-state index in [1.165, 1.54) is 13.2 Å². The first kappa shape index (κ1) is 35.0. The standard InChI is InChI=1S/C35H43ClN2O8/c1-20(2)16-29-35(42)44-27(22(4)31-32(46-31)24-10-7-6-8-11-24)12-9-13-30(39)38-26(33(40)37-19-21(3)34(41)45-29)18-23-14-15-28(43-5)25(36)17-23/h6-11,13-15,17,20-22,26-27,29,31-32H,12,16,18-19H2,1-5H3,(H,37,40)(H,38,39)/b13-9+/t21-,22+,26-,27+,29+,31+,32-/m1/s1. The summed E-state index contributed by atoms with van der Waals surface area (Å²) in [6.45, 7) is 7.31. The Morgan fingerprint density at radius 1 is 1.00 bits per heavy atom. The lowest BCUT2D eigenvalue weighted by Crippen LogP contribution is -2.49. The van der Waals surface area contributed by atoms with Crippen molar-refractivity contribution in [2.45, 2.75) is 77.4 Å². The number of amides is 2. The number of ether oxygens (including phenoxy) is 4. The van der Waals surface area contributed by atoms with Crippen molar-refractivity contribution < 1.29 is 38.1 Å². The third kappa shape index (κ3) is 9.56. The van der Waals surface area contributed by atoms with E-state index in [9.17, 15) is 19.2 Å². The van der Waals surface area contributed by atoms with E-state index in [0.717, 1.165) is 5.56 Å². The van der Waals surface area contributed by atoms with Gasteiger partial charge in [0, 0.05) is 25.3 Å². The normalized spacial score (nSPS) is 27.5.